The molecule has 3 aromatic rings. The summed E-state index contributed by atoms with van der Waals surface area (Å²) in [5.74, 6) is 1.26. The van der Waals surface area contributed by atoms with Gasteiger partial charge in [0.25, 0.3) is 0 Å². The highest BCUT2D eigenvalue weighted by Gasteiger charge is 2.19. The van der Waals surface area contributed by atoms with Gasteiger partial charge in [-0.25, -0.2) is 9.98 Å². The fourth-order valence-corrected chi connectivity index (χ4v) is 3.40. The number of amidine groups is 1. The van der Waals surface area contributed by atoms with E-state index in [1.807, 2.05) is 54.6 Å². The van der Waals surface area contributed by atoms with Gasteiger partial charge >= 0.3 is 0 Å². The van der Waals surface area contributed by atoms with E-state index in [0.29, 0.717) is 5.82 Å². The van der Waals surface area contributed by atoms with E-state index in [2.05, 4.69) is 51.9 Å². The highest BCUT2D eigenvalue weighted by Crippen LogP contribution is 2.27. The Bertz CT molecular complexity index is 1230. The molecule has 0 spiro atoms. The van der Waals surface area contributed by atoms with Crippen LogP contribution in [-0.2, 0) is 0 Å². The number of nitrogens with one attached hydrogen (secondary N) is 1. The number of nitrogen functional groups attached to an aromatic ring is 1. The first-order valence-corrected chi connectivity index (χ1v) is 9.40. The van der Waals surface area contributed by atoms with Crippen LogP contribution in [0.2, 0.25) is 0 Å². The molecule has 0 aliphatic carbocycles. The molecule has 5 heteroatoms. The van der Waals surface area contributed by atoms with Crippen molar-refractivity contribution in [3.63, 3.8) is 0 Å². The number of nitrogens with zero attached hydrogens (tertiary/aromatic N) is 3. The summed E-state index contributed by atoms with van der Waals surface area (Å²) in [4.78, 5) is 9.15. The van der Waals surface area contributed by atoms with Gasteiger partial charge in [0, 0.05) is 10.9 Å². The Labute approximate surface area is 168 Å². The summed E-state index contributed by atoms with van der Waals surface area (Å²) < 4.78 is 0. The number of hydrazine groups is 1. The molecule has 0 unspecified atom stereocenters. The molecule has 5 rings (SSSR count). The van der Waals surface area contributed by atoms with Gasteiger partial charge in [-0.05, 0) is 54.6 Å². The Hall–Kier alpha value is -4.12. The number of hydrogen-bond donors (Lipinski definition) is 2. The van der Waals surface area contributed by atoms with E-state index in [1.165, 1.54) is 0 Å². The Morgan fingerprint density at radius 3 is 2.66 bits per heavy atom. The average Bonchev–Trinajstić information content (AvgIpc) is 2.96. The van der Waals surface area contributed by atoms with Gasteiger partial charge in [0.1, 0.15) is 11.7 Å². The summed E-state index contributed by atoms with van der Waals surface area (Å²) in [5.41, 5.74) is 14.2. The average molecular weight is 377 g/mol. The molecule has 2 aliphatic rings. The van der Waals surface area contributed by atoms with Gasteiger partial charge in [0.15, 0.2) is 0 Å². The van der Waals surface area contributed by atoms with E-state index in [9.17, 15) is 0 Å². The molecule has 3 heterocycles. The second-order valence-corrected chi connectivity index (χ2v) is 6.79. The van der Waals surface area contributed by atoms with Crippen LogP contribution in [0.3, 0.4) is 0 Å². The quantitative estimate of drug-likeness (QED) is 0.678. The van der Waals surface area contributed by atoms with Crippen LogP contribution in [0.25, 0.3) is 16.6 Å². The molecule has 0 atom stereocenters. The van der Waals surface area contributed by atoms with Crippen LogP contribution < -0.4 is 11.2 Å². The van der Waals surface area contributed by atoms with Crippen LogP contribution in [0, 0.1) is 0 Å². The lowest BCUT2D eigenvalue weighted by Gasteiger charge is -2.30. The first-order valence-electron chi connectivity index (χ1n) is 9.40. The largest absolute Gasteiger partial charge is 0.384 e. The maximum atomic E-state index is 5.77. The zero-order valence-electron chi connectivity index (χ0n) is 15.7. The van der Waals surface area contributed by atoms with Gasteiger partial charge in [-0.1, -0.05) is 42.5 Å². The fraction of sp³-hybridized carbons (Fsp3) is 0. The molecule has 2 aromatic carbocycles. The van der Waals surface area contributed by atoms with Crippen molar-refractivity contribution in [1.82, 2.24) is 15.4 Å². The minimum atomic E-state index is 0.516. The predicted octanol–water partition coefficient (Wildman–Crippen LogP) is 4.72. The molecular weight excluding hydrogens is 358 g/mol. The molecule has 0 bridgehead atoms. The number of allylic oxidation sites excluding steroid dienone is 5. The Morgan fingerprint density at radius 2 is 1.76 bits per heavy atom. The van der Waals surface area contributed by atoms with Crippen molar-refractivity contribution >= 4 is 33.9 Å². The lowest BCUT2D eigenvalue weighted by Crippen LogP contribution is -2.39. The smallest absolute Gasteiger partial charge is 0.145 e. The van der Waals surface area contributed by atoms with E-state index < -0.39 is 0 Å². The maximum absolute atomic E-state index is 5.77. The molecule has 0 radical (unpaired) electrons. The number of fused-ring (bicyclic) bond motifs is 2. The lowest BCUT2D eigenvalue weighted by molar-refractivity contribution is 0.454. The molecule has 5 nitrogen and oxygen atoms in total. The number of rotatable bonds is 2. The Morgan fingerprint density at radius 1 is 0.897 bits per heavy atom. The molecule has 140 valence electrons. The van der Waals surface area contributed by atoms with Crippen LogP contribution >= 0.6 is 0 Å². The van der Waals surface area contributed by atoms with Crippen molar-refractivity contribution in [2.24, 2.45) is 4.99 Å². The number of aromatic nitrogens is 1. The standard InChI is InChI=1S/C24H19N5/c25-23-15-12-18-16-19(13-14-21(18)27-23)26-24-11-5-9-20-8-4-10-22(29(20)28-24)17-6-2-1-3-7-17/h1-16H,(H2,25,27)(H,26,28). The highest BCUT2D eigenvalue weighted by atomic mass is 15.5. The summed E-state index contributed by atoms with van der Waals surface area (Å²) in [5, 5.41) is 3.06. The van der Waals surface area contributed by atoms with Crippen molar-refractivity contribution in [2.75, 3.05) is 5.73 Å². The number of aliphatic imine (C=N–C) groups is 1. The molecule has 0 amide bonds. The molecule has 1 aromatic heterocycles. The second kappa shape index (κ2) is 7.13. The van der Waals surface area contributed by atoms with E-state index >= 15 is 0 Å². The van der Waals surface area contributed by atoms with Crippen molar-refractivity contribution < 1.29 is 0 Å². The minimum Gasteiger partial charge on any atom is -0.384 e. The monoisotopic (exact) mass is 377 g/mol. The number of nitrogens with two attached hydrogens (primary N) is 1. The van der Waals surface area contributed by atoms with Crippen LogP contribution in [0.15, 0.2) is 108 Å². The first kappa shape index (κ1) is 17.0. The molecule has 0 saturated carbocycles. The molecular formula is C24H19N5. The number of hydrogen-bond acceptors (Lipinski definition) is 4. The first-order chi connectivity index (χ1) is 14.3. The van der Waals surface area contributed by atoms with Gasteiger partial charge in [-0.2, -0.15) is 0 Å². The third kappa shape index (κ3) is 3.41. The molecule has 2 aliphatic heterocycles. The van der Waals surface area contributed by atoms with E-state index in [1.54, 1.807) is 6.07 Å². The van der Waals surface area contributed by atoms with Gasteiger partial charge in [0.2, 0.25) is 0 Å². The third-order valence-electron chi connectivity index (χ3n) is 4.78. The summed E-state index contributed by atoms with van der Waals surface area (Å²) in [6, 6.07) is 20.0. The van der Waals surface area contributed by atoms with Crippen LogP contribution in [0.5, 0.6) is 0 Å². The molecule has 0 saturated heterocycles. The minimum absolute atomic E-state index is 0.516. The lowest BCUT2D eigenvalue weighted by atomic mass is 10.1. The van der Waals surface area contributed by atoms with Crippen molar-refractivity contribution in [1.29, 1.82) is 0 Å². The zero-order valence-corrected chi connectivity index (χ0v) is 15.7. The zero-order chi connectivity index (χ0) is 19.6. The van der Waals surface area contributed by atoms with E-state index in [4.69, 9.17) is 10.7 Å². The fourth-order valence-electron chi connectivity index (χ4n) is 3.40. The van der Waals surface area contributed by atoms with Gasteiger partial charge in [-0.15, -0.1) is 0 Å². The number of anilines is 1. The van der Waals surface area contributed by atoms with E-state index in [-0.39, 0.29) is 0 Å². The van der Waals surface area contributed by atoms with Gasteiger partial charge in [-0.3, -0.25) is 10.4 Å². The molecule has 29 heavy (non-hydrogen) atoms. The highest BCUT2D eigenvalue weighted by molar-refractivity contribution is 5.97. The summed E-state index contributed by atoms with van der Waals surface area (Å²) >= 11 is 0. The summed E-state index contributed by atoms with van der Waals surface area (Å²) in [7, 11) is 0. The molecule has 0 fully saturated rings. The van der Waals surface area contributed by atoms with Crippen LogP contribution in [0.4, 0.5) is 11.5 Å². The van der Waals surface area contributed by atoms with Crippen molar-refractivity contribution in [3.05, 3.63) is 108 Å². The Kier molecular flexibility index (Phi) is 4.18. The molecule has 3 N–H and O–H groups in total. The normalized spacial score (nSPS) is 16.8. The summed E-state index contributed by atoms with van der Waals surface area (Å²) in [6.07, 6.45) is 12.3. The summed E-state index contributed by atoms with van der Waals surface area (Å²) in [6.45, 7) is 0. The van der Waals surface area contributed by atoms with Crippen molar-refractivity contribution in [3.8, 4) is 0 Å². The topological polar surface area (TPSA) is 66.5 Å². The predicted molar refractivity (Wildman–Crippen MR) is 119 cm³/mol. The SMILES string of the molecule is Nc1ccc2cc(N=C3C=CC=C4C=CC=C(c5ccccc5)N4N3)ccc2n1. The third-order valence-corrected chi connectivity index (χ3v) is 4.78. The van der Waals surface area contributed by atoms with Gasteiger partial charge < -0.3 is 5.73 Å². The van der Waals surface area contributed by atoms with Gasteiger partial charge in [0.05, 0.1) is 22.6 Å². The van der Waals surface area contributed by atoms with Crippen LogP contribution in [-0.4, -0.2) is 15.8 Å². The number of pyridine rings is 1. The van der Waals surface area contributed by atoms with Crippen LogP contribution in [0.1, 0.15) is 5.56 Å². The Balaban J connectivity index is 1.49. The maximum Gasteiger partial charge on any atom is 0.145 e. The second-order valence-electron chi connectivity index (χ2n) is 6.79. The van der Waals surface area contributed by atoms with E-state index in [0.717, 1.165) is 39.4 Å². The van der Waals surface area contributed by atoms with Crippen molar-refractivity contribution in [2.45, 2.75) is 0 Å². The number of benzene rings is 2.